The van der Waals surface area contributed by atoms with Crippen molar-refractivity contribution in [3.8, 4) is 17.2 Å². The molecule has 0 unspecified atom stereocenters. The summed E-state index contributed by atoms with van der Waals surface area (Å²) in [5.74, 6) is 1.42. The van der Waals surface area contributed by atoms with E-state index < -0.39 is 0 Å². The fourth-order valence-corrected chi connectivity index (χ4v) is 3.95. The minimum atomic E-state index is -0.212. The Bertz CT molecular complexity index is 1280. The molecule has 0 bridgehead atoms. The maximum atomic E-state index is 12.7. The fourth-order valence-electron chi connectivity index (χ4n) is 3.66. The van der Waals surface area contributed by atoms with Gasteiger partial charge in [0.15, 0.2) is 11.5 Å². The van der Waals surface area contributed by atoms with Crippen LogP contribution in [0.15, 0.2) is 52.9 Å². The summed E-state index contributed by atoms with van der Waals surface area (Å²) in [4.78, 5) is 12.7. The van der Waals surface area contributed by atoms with Crippen LogP contribution in [0.25, 0.3) is 21.9 Å². The number of fused-ring (bicyclic) bond motifs is 4. The Labute approximate surface area is 177 Å². The van der Waals surface area contributed by atoms with Crippen LogP contribution in [0.2, 0.25) is 5.02 Å². The lowest BCUT2D eigenvalue weighted by Crippen LogP contribution is -2.17. The number of nitrogens with one attached hydrogen (secondary N) is 1. The number of hydrogen-bond acceptors (Lipinski definition) is 5. The minimum absolute atomic E-state index is 0.123. The number of amides is 1. The first-order valence-electron chi connectivity index (χ1n) is 9.49. The molecule has 0 atom stereocenters. The normalized spacial score (nSPS) is 12.9. The van der Waals surface area contributed by atoms with Crippen molar-refractivity contribution >= 4 is 45.1 Å². The van der Waals surface area contributed by atoms with Crippen molar-refractivity contribution < 1.29 is 23.4 Å². The molecule has 2 heterocycles. The summed E-state index contributed by atoms with van der Waals surface area (Å²) in [7, 11) is 1.57. The Morgan fingerprint density at radius 3 is 2.77 bits per heavy atom. The molecule has 0 aliphatic carbocycles. The van der Waals surface area contributed by atoms with Crippen LogP contribution in [0.1, 0.15) is 5.56 Å². The van der Waals surface area contributed by atoms with Crippen molar-refractivity contribution in [2.45, 2.75) is 6.42 Å². The average Bonchev–Trinajstić information content (AvgIpc) is 3.10. The van der Waals surface area contributed by atoms with E-state index in [1.165, 1.54) is 0 Å². The highest BCUT2D eigenvalue weighted by atomic mass is 35.5. The highest BCUT2D eigenvalue weighted by molar-refractivity contribution is 6.32. The van der Waals surface area contributed by atoms with Crippen LogP contribution in [0.5, 0.6) is 17.2 Å². The van der Waals surface area contributed by atoms with Gasteiger partial charge in [0, 0.05) is 16.8 Å². The SMILES string of the molecule is COc1cc2c(cc1NC(=O)Cc1cc(Cl)c3c(c1)OCCO3)oc1ccccc12. The second-order valence-corrected chi connectivity index (χ2v) is 7.38. The Kier molecular flexibility index (Phi) is 4.64. The number of methoxy groups -OCH3 is 1. The lowest BCUT2D eigenvalue weighted by Gasteiger charge is -2.20. The average molecular weight is 424 g/mol. The molecule has 1 aliphatic heterocycles. The summed E-state index contributed by atoms with van der Waals surface area (Å²) in [6.45, 7) is 0.907. The van der Waals surface area contributed by atoms with E-state index in [2.05, 4.69) is 5.32 Å². The van der Waals surface area contributed by atoms with Gasteiger partial charge in [-0.2, -0.15) is 0 Å². The number of carbonyl (C=O) groups excluding carboxylic acids is 1. The van der Waals surface area contributed by atoms with Gasteiger partial charge in [-0.3, -0.25) is 4.79 Å². The van der Waals surface area contributed by atoms with Gasteiger partial charge in [0.05, 0.1) is 24.2 Å². The molecular weight excluding hydrogens is 406 g/mol. The maximum absolute atomic E-state index is 12.7. The number of para-hydroxylation sites is 1. The molecule has 7 heteroatoms. The first-order chi connectivity index (χ1) is 14.6. The van der Waals surface area contributed by atoms with Gasteiger partial charge in [-0.25, -0.2) is 0 Å². The first-order valence-corrected chi connectivity index (χ1v) is 9.87. The molecule has 1 aromatic heterocycles. The van der Waals surface area contributed by atoms with Crippen molar-refractivity contribution in [2.75, 3.05) is 25.6 Å². The molecular formula is C23H18ClNO5. The zero-order chi connectivity index (χ0) is 20.7. The molecule has 0 saturated heterocycles. The van der Waals surface area contributed by atoms with Crippen LogP contribution >= 0.6 is 11.6 Å². The summed E-state index contributed by atoms with van der Waals surface area (Å²) in [5.41, 5.74) is 2.72. The Morgan fingerprint density at radius 2 is 1.90 bits per heavy atom. The fraction of sp³-hybridized carbons (Fsp3) is 0.174. The van der Waals surface area contributed by atoms with Gasteiger partial charge in [0.2, 0.25) is 5.91 Å². The van der Waals surface area contributed by atoms with Gasteiger partial charge in [-0.15, -0.1) is 0 Å². The summed E-state index contributed by atoms with van der Waals surface area (Å²) < 4.78 is 22.5. The number of ether oxygens (including phenoxy) is 3. The molecule has 1 N–H and O–H groups in total. The molecule has 1 amide bonds. The molecule has 1 aliphatic rings. The second-order valence-electron chi connectivity index (χ2n) is 6.97. The van der Waals surface area contributed by atoms with Gasteiger partial charge in [0.25, 0.3) is 0 Å². The summed E-state index contributed by atoms with van der Waals surface area (Å²) in [5, 5.41) is 5.26. The van der Waals surface area contributed by atoms with Gasteiger partial charge in [0.1, 0.15) is 30.1 Å². The molecule has 152 valence electrons. The van der Waals surface area contributed by atoms with E-state index >= 15 is 0 Å². The Hall–Kier alpha value is -3.38. The van der Waals surface area contributed by atoms with Crippen LogP contribution in [-0.4, -0.2) is 26.2 Å². The molecule has 5 rings (SSSR count). The lowest BCUT2D eigenvalue weighted by atomic mass is 10.1. The minimum Gasteiger partial charge on any atom is -0.495 e. The maximum Gasteiger partial charge on any atom is 0.228 e. The quantitative estimate of drug-likeness (QED) is 0.488. The third-order valence-corrected chi connectivity index (χ3v) is 5.27. The summed E-state index contributed by atoms with van der Waals surface area (Å²) >= 11 is 6.27. The van der Waals surface area contributed by atoms with Crippen LogP contribution in [-0.2, 0) is 11.2 Å². The van der Waals surface area contributed by atoms with Gasteiger partial charge in [-0.05, 0) is 29.8 Å². The van der Waals surface area contributed by atoms with Gasteiger partial charge >= 0.3 is 0 Å². The van der Waals surface area contributed by atoms with Crippen molar-refractivity contribution in [1.82, 2.24) is 0 Å². The van der Waals surface area contributed by atoms with Crippen LogP contribution in [0.3, 0.4) is 0 Å². The van der Waals surface area contributed by atoms with E-state index in [1.54, 1.807) is 25.3 Å². The zero-order valence-electron chi connectivity index (χ0n) is 16.2. The Balaban J connectivity index is 1.43. The van der Waals surface area contributed by atoms with Crippen molar-refractivity contribution in [2.24, 2.45) is 0 Å². The van der Waals surface area contributed by atoms with E-state index in [1.807, 2.05) is 30.3 Å². The molecule has 0 radical (unpaired) electrons. The highest BCUT2D eigenvalue weighted by Crippen LogP contribution is 2.39. The lowest BCUT2D eigenvalue weighted by molar-refractivity contribution is -0.115. The zero-order valence-corrected chi connectivity index (χ0v) is 16.9. The van der Waals surface area contributed by atoms with Crippen molar-refractivity contribution in [3.05, 3.63) is 59.1 Å². The number of carbonyl (C=O) groups is 1. The van der Waals surface area contributed by atoms with Crippen LogP contribution < -0.4 is 19.5 Å². The van der Waals surface area contributed by atoms with Gasteiger partial charge in [-0.1, -0.05) is 29.8 Å². The predicted octanol–water partition coefficient (Wildman–Crippen LogP) is 5.20. The van der Waals surface area contributed by atoms with Crippen LogP contribution in [0.4, 0.5) is 5.69 Å². The molecule has 0 spiro atoms. The molecule has 6 nitrogen and oxygen atoms in total. The number of furan rings is 1. The smallest absolute Gasteiger partial charge is 0.228 e. The summed E-state index contributed by atoms with van der Waals surface area (Å²) in [6, 6.07) is 14.9. The third-order valence-electron chi connectivity index (χ3n) is 4.99. The van der Waals surface area contributed by atoms with E-state index in [0.717, 1.165) is 21.9 Å². The number of hydrogen-bond donors (Lipinski definition) is 1. The molecule has 4 aromatic rings. The molecule has 3 aromatic carbocycles. The second kappa shape index (κ2) is 7.46. The standard InChI is InChI=1S/C23H18ClNO5/c1-27-20-11-15-14-4-2-3-5-18(14)30-19(15)12-17(20)25-22(26)10-13-8-16(24)23-21(9-13)28-6-7-29-23/h2-5,8-9,11-12H,6-7,10H2,1H3,(H,25,26). The topological polar surface area (TPSA) is 69.9 Å². The van der Waals surface area contributed by atoms with E-state index in [4.69, 9.17) is 30.2 Å². The Morgan fingerprint density at radius 1 is 1.07 bits per heavy atom. The van der Waals surface area contributed by atoms with Gasteiger partial charge < -0.3 is 23.9 Å². The van der Waals surface area contributed by atoms with E-state index in [9.17, 15) is 4.79 Å². The number of anilines is 1. The van der Waals surface area contributed by atoms with E-state index in [-0.39, 0.29) is 12.3 Å². The highest BCUT2D eigenvalue weighted by Gasteiger charge is 2.19. The first kappa shape index (κ1) is 18.6. The number of benzene rings is 3. The predicted molar refractivity (Wildman–Crippen MR) is 115 cm³/mol. The molecule has 0 fully saturated rings. The van der Waals surface area contributed by atoms with Crippen LogP contribution in [0, 0.1) is 0 Å². The number of rotatable bonds is 4. The van der Waals surface area contributed by atoms with Crippen molar-refractivity contribution in [3.63, 3.8) is 0 Å². The monoisotopic (exact) mass is 423 g/mol. The van der Waals surface area contributed by atoms with E-state index in [0.29, 0.717) is 46.8 Å². The largest absolute Gasteiger partial charge is 0.495 e. The molecule has 0 saturated carbocycles. The third kappa shape index (κ3) is 3.29. The van der Waals surface area contributed by atoms with Crippen molar-refractivity contribution in [1.29, 1.82) is 0 Å². The summed E-state index contributed by atoms with van der Waals surface area (Å²) in [6.07, 6.45) is 0.123. The number of halogens is 1. The molecule has 30 heavy (non-hydrogen) atoms.